The molecule has 0 bridgehead atoms. The van der Waals surface area contributed by atoms with Crippen molar-refractivity contribution in [3.8, 4) is 5.75 Å². The predicted molar refractivity (Wildman–Crippen MR) is 51.2 cm³/mol. The number of rotatable bonds is 1. The maximum Gasteiger partial charge on any atom is 0.339 e. The number of hydrogen-bond donors (Lipinski definition) is 2. The molecule has 3 heteroatoms. The molecule has 0 aromatic heterocycles. The van der Waals surface area contributed by atoms with E-state index in [-0.39, 0.29) is 11.3 Å². The summed E-state index contributed by atoms with van der Waals surface area (Å²) in [6, 6.07) is 4.44. The zero-order valence-electron chi connectivity index (χ0n) is 8.03. The van der Waals surface area contributed by atoms with Crippen molar-refractivity contribution in [1.29, 1.82) is 0 Å². The van der Waals surface area contributed by atoms with E-state index in [1.165, 1.54) is 12.1 Å². The molecule has 0 heterocycles. The Labute approximate surface area is 77.6 Å². The smallest absolute Gasteiger partial charge is 0.339 e. The largest absolute Gasteiger partial charge is 0.507 e. The lowest BCUT2D eigenvalue weighted by Gasteiger charge is -1.98. The van der Waals surface area contributed by atoms with Crippen LogP contribution in [0.15, 0.2) is 18.2 Å². The Kier molecular flexibility index (Phi) is 4.59. The van der Waals surface area contributed by atoms with Crippen LogP contribution in [0.1, 0.15) is 29.8 Å². The molecule has 0 amide bonds. The number of carboxylic acids is 1. The summed E-state index contributed by atoms with van der Waals surface area (Å²) in [6.45, 7) is 5.78. The van der Waals surface area contributed by atoms with Gasteiger partial charge in [-0.25, -0.2) is 4.79 Å². The molecular formula is C10H14O3. The molecular weight excluding hydrogens is 168 g/mol. The number of carboxylic acid groups (broad SMARTS) is 1. The van der Waals surface area contributed by atoms with Gasteiger partial charge in [-0.1, -0.05) is 19.9 Å². The first-order chi connectivity index (χ1) is 6.11. The van der Waals surface area contributed by atoms with Gasteiger partial charge in [-0.05, 0) is 24.6 Å². The Morgan fingerprint density at radius 2 is 1.85 bits per heavy atom. The van der Waals surface area contributed by atoms with Crippen molar-refractivity contribution in [2.45, 2.75) is 20.8 Å². The standard InChI is InChI=1S/C8H8O3.C2H6/c1-5-2-3-6(8(10)11)7(9)4-5;1-2/h2-4,9H,1H3,(H,10,11);1-2H3. The summed E-state index contributed by atoms with van der Waals surface area (Å²) in [4.78, 5) is 10.4. The van der Waals surface area contributed by atoms with E-state index in [0.717, 1.165) is 5.56 Å². The van der Waals surface area contributed by atoms with Gasteiger partial charge in [0.1, 0.15) is 11.3 Å². The first-order valence-electron chi connectivity index (χ1n) is 4.14. The maximum atomic E-state index is 10.4. The lowest BCUT2D eigenvalue weighted by atomic mass is 10.1. The van der Waals surface area contributed by atoms with E-state index in [9.17, 15) is 4.79 Å². The highest BCUT2D eigenvalue weighted by Crippen LogP contribution is 2.17. The molecule has 0 aliphatic rings. The van der Waals surface area contributed by atoms with Crippen LogP contribution in [0.5, 0.6) is 5.75 Å². The van der Waals surface area contributed by atoms with Crippen molar-refractivity contribution in [3.05, 3.63) is 29.3 Å². The zero-order chi connectivity index (χ0) is 10.4. The molecule has 72 valence electrons. The SMILES string of the molecule is CC.Cc1ccc(C(=O)O)c(O)c1. The molecule has 0 atom stereocenters. The minimum atomic E-state index is -1.11. The van der Waals surface area contributed by atoms with Gasteiger partial charge < -0.3 is 10.2 Å². The fourth-order valence-corrected chi connectivity index (χ4v) is 0.823. The molecule has 13 heavy (non-hydrogen) atoms. The van der Waals surface area contributed by atoms with Gasteiger partial charge in [-0.2, -0.15) is 0 Å². The molecule has 1 rings (SSSR count). The van der Waals surface area contributed by atoms with E-state index in [2.05, 4.69) is 0 Å². The zero-order valence-corrected chi connectivity index (χ0v) is 8.03. The molecule has 2 N–H and O–H groups in total. The van der Waals surface area contributed by atoms with Crippen LogP contribution < -0.4 is 0 Å². The molecule has 0 radical (unpaired) electrons. The van der Waals surface area contributed by atoms with Gasteiger partial charge >= 0.3 is 5.97 Å². The van der Waals surface area contributed by atoms with E-state index in [0.29, 0.717) is 0 Å². The van der Waals surface area contributed by atoms with Gasteiger partial charge in [0.05, 0.1) is 0 Å². The predicted octanol–water partition coefficient (Wildman–Crippen LogP) is 2.43. The number of phenols is 1. The molecule has 0 unspecified atom stereocenters. The second-order valence-corrected chi connectivity index (χ2v) is 2.33. The van der Waals surface area contributed by atoms with Crippen LogP contribution in [0.25, 0.3) is 0 Å². The van der Waals surface area contributed by atoms with Gasteiger partial charge in [-0.15, -0.1) is 0 Å². The van der Waals surface area contributed by atoms with Crippen LogP contribution in [0.2, 0.25) is 0 Å². The minimum absolute atomic E-state index is 0.0596. The normalized spacial score (nSPS) is 8.54. The highest BCUT2D eigenvalue weighted by molar-refractivity contribution is 5.90. The van der Waals surface area contributed by atoms with Crippen LogP contribution in [-0.2, 0) is 0 Å². The van der Waals surface area contributed by atoms with Crippen LogP contribution in [0, 0.1) is 6.92 Å². The van der Waals surface area contributed by atoms with Crippen molar-refractivity contribution in [1.82, 2.24) is 0 Å². The van der Waals surface area contributed by atoms with Gasteiger partial charge in [0.15, 0.2) is 0 Å². The van der Waals surface area contributed by atoms with Crippen LogP contribution in [-0.4, -0.2) is 16.2 Å². The Morgan fingerprint density at radius 1 is 1.31 bits per heavy atom. The Balaban J connectivity index is 0.000000671. The van der Waals surface area contributed by atoms with Crippen molar-refractivity contribution in [3.63, 3.8) is 0 Å². The third kappa shape index (κ3) is 3.15. The quantitative estimate of drug-likeness (QED) is 0.701. The molecule has 1 aromatic rings. The number of aromatic hydroxyl groups is 1. The first kappa shape index (κ1) is 11.5. The van der Waals surface area contributed by atoms with E-state index >= 15 is 0 Å². The summed E-state index contributed by atoms with van der Waals surface area (Å²) in [6.07, 6.45) is 0. The summed E-state index contributed by atoms with van der Waals surface area (Å²) in [5.74, 6) is -1.29. The Hall–Kier alpha value is -1.51. The lowest BCUT2D eigenvalue weighted by molar-refractivity contribution is 0.0694. The third-order valence-electron chi connectivity index (χ3n) is 1.38. The second-order valence-electron chi connectivity index (χ2n) is 2.33. The maximum absolute atomic E-state index is 10.4. The van der Waals surface area contributed by atoms with E-state index in [4.69, 9.17) is 10.2 Å². The van der Waals surface area contributed by atoms with E-state index < -0.39 is 5.97 Å². The van der Waals surface area contributed by atoms with Crippen LogP contribution in [0.3, 0.4) is 0 Å². The average molecular weight is 182 g/mol. The second kappa shape index (κ2) is 5.19. The number of aryl methyl sites for hydroxylation is 1. The third-order valence-corrected chi connectivity index (χ3v) is 1.38. The van der Waals surface area contributed by atoms with E-state index in [1.54, 1.807) is 13.0 Å². The lowest BCUT2D eigenvalue weighted by Crippen LogP contribution is -1.96. The molecule has 1 aromatic carbocycles. The summed E-state index contributed by atoms with van der Waals surface area (Å²) in [5, 5.41) is 17.6. The van der Waals surface area contributed by atoms with Crippen LogP contribution >= 0.6 is 0 Å². The number of aromatic carboxylic acids is 1. The summed E-state index contributed by atoms with van der Waals surface area (Å²) in [5.41, 5.74) is 0.781. The van der Waals surface area contributed by atoms with Crippen molar-refractivity contribution in [2.75, 3.05) is 0 Å². The minimum Gasteiger partial charge on any atom is -0.507 e. The molecule has 0 aliphatic carbocycles. The van der Waals surface area contributed by atoms with Gasteiger partial charge in [0.2, 0.25) is 0 Å². The Morgan fingerprint density at radius 3 is 2.23 bits per heavy atom. The first-order valence-corrected chi connectivity index (χ1v) is 4.14. The molecule has 0 spiro atoms. The molecule has 0 aliphatic heterocycles. The van der Waals surface area contributed by atoms with Gasteiger partial charge in [-0.3, -0.25) is 0 Å². The number of hydrogen-bond acceptors (Lipinski definition) is 2. The molecule has 0 fully saturated rings. The summed E-state index contributed by atoms with van der Waals surface area (Å²) in [7, 11) is 0. The van der Waals surface area contributed by atoms with Crippen molar-refractivity contribution < 1.29 is 15.0 Å². The highest BCUT2D eigenvalue weighted by Gasteiger charge is 2.07. The molecule has 0 saturated carbocycles. The summed E-state index contributed by atoms with van der Waals surface area (Å²) >= 11 is 0. The average Bonchev–Trinajstić information content (AvgIpc) is 2.07. The fourth-order valence-electron chi connectivity index (χ4n) is 0.823. The number of carbonyl (C=O) groups is 1. The molecule has 0 saturated heterocycles. The van der Waals surface area contributed by atoms with Gasteiger partial charge in [0.25, 0.3) is 0 Å². The fraction of sp³-hybridized carbons (Fsp3) is 0.300. The molecule has 3 nitrogen and oxygen atoms in total. The van der Waals surface area contributed by atoms with Crippen LogP contribution in [0.4, 0.5) is 0 Å². The van der Waals surface area contributed by atoms with E-state index in [1.807, 2.05) is 13.8 Å². The Bertz CT molecular complexity index is 292. The topological polar surface area (TPSA) is 57.5 Å². The summed E-state index contributed by atoms with van der Waals surface area (Å²) < 4.78 is 0. The van der Waals surface area contributed by atoms with Crippen molar-refractivity contribution >= 4 is 5.97 Å². The number of benzene rings is 1. The van der Waals surface area contributed by atoms with Gasteiger partial charge in [0, 0.05) is 0 Å². The van der Waals surface area contributed by atoms with Crippen molar-refractivity contribution in [2.24, 2.45) is 0 Å². The monoisotopic (exact) mass is 182 g/mol. The highest BCUT2D eigenvalue weighted by atomic mass is 16.4.